The van der Waals surface area contributed by atoms with Gasteiger partial charge in [-0.1, -0.05) is 41.6 Å². The van der Waals surface area contributed by atoms with Crippen molar-refractivity contribution < 1.29 is 4.52 Å². The van der Waals surface area contributed by atoms with Crippen LogP contribution in [0.15, 0.2) is 47.3 Å². The molecule has 2 heterocycles. The van der Waals surface area contributed by atoms with E-state index in [2.05, 4.69) is 44.8 Å². The van der Waals surface area contributed by atoms with Gasteiger partial charge in [-0.25, -0.2) is 4.98 Å². The van der Waals surface area contributed by atoms with E-state index in [0.29, 0.717) is 18.3 Å². The van der Waals surface area contributed by atoms with Crippen LogP contribution in [0.25, 0.3) is 16.8 Å². The molecule has 1 saturated carbocycles. The van der Waals surface area contributed by atoms with Crippen molar-refractivity contribution in [3.8, 4) is 11.3 Å². The van der Waals surface area contributed by atoms with Crippen molar-refractivity contribution in [1.82, 2.24) is 19.7 Å². The van der Waals surface area contributed by atoms with Crippen LogP contribution >= 0.6 is 0 Å². The van der Waals surface area contributed by atoms with Crippen molar-refractivity contribution in [2.75, 3.05) is 0 Å². The van der Waals surface area contributed by atoms with Gasteiger partial charge in [-0.2, -0.15) is 4.98 Å². The molecular formula is C19H20N4O. The smallest absolute Gasteiger partial charge is 0.229 e. The molecule has 5 heteroatoms. The molecule has 24 heavy (non-hydrogen) atoms. The standard InChI is InChI=1S/C19H20N4O/c1-3-13(2)18-17(14-7-5-4-6-8-14)20-12-23(18)11-16-21-19(24-22-16)15-9-10-15/h3-8,12,15H,9-11H2,1-2H3. The van der Waals surface area contributed by atoms with Gasteiger partial charge in [0.2, 0.25) is 5.89 Å². The van der Waals surface area contributed by atoms with E-state index in [1.54, 1.807) is 0 Å². The molecule has 0 N–H and O–H groups in total. The van der Waals surface area contributed by atoms with Crippen LogP contribution < -0.4 is 0 Å². The number of imidazole rings is 1. The van der Waals surface area contributed by atoms with Crippen LogP contribution in [0.1, 0.15) is 50.0 Å². The van der Waals surface area contributed by atoms with E-state index in [0.717, 1.165) is 35.7 Å². The van der Waals surface area contributed by atoms with E-state index in [4.69, 9.17) is 4.52 Å². The molecule has 1 aromatic carbocycles. The Morgan fingerprint density at radius 2 is 2.08 bits per heavy atom. The molecule has 4 rings (SSSR count). The highest BCUT2D eigenvalue weighted by molar-refractivity contribution is 5.76. The third-order valence-corrected chi connectivity index (χ3v) is 4.41. The first-order valence-electron chi connectivity index (χ1n) is 8.32. The van der Waals surface area contributed by atoms with Crippen molar-refractivity contribution in [2.24, 2.45) is 0 Å². The maximum atomic E-state index is 5.37. The summed E-state index contributed by atoms with van der Waals surface area (Å²) in [7, 11) is 0. The van der Waals surface area contributed by atoms with Crippen molar-refractivity contribution in [3.05, 3.63) is 60.1 Å². The molecule has 0 atom stereocenters. The maximum Gasteiger partial charge on any atom is 0.229 e. The molecule has 1 fully saturated rings. The minimum Gasteiger partial charge on any atom is -0.339 e. The average Bonchev–Trinajstić information content (AvgIpc) is 3.23. The first-order chi connectivity index (χ1) is 11.8. The molecule has 1 aliphatic carbocycles. The Kier molecular flexibility index (Phi) is 3.76. The highest BCUT2D eigenvalue weighted by atomic mass is 16.5. The van der Waals surface area contributed by atoms with Gasteiger partial charge >= 0.3 is 0 Å². The summed E-state index contributed by atoms with van der Waals surface area (Å²) in [5, 5.41) is 4.13. The van der Waals surface area contributed by atoms with E-state index < -0.39 is 0 Å². The molecule has 1 aliphatic rings. The van der Waals surface area contributed by atoms with Crippen molar-refractivity contribution >= 4 is 5.57 Å². The van der Waals surface area contributed by atoms with E-state index in [1.165, 1.54) is 5.57 Å². The van der Waals surface area contributed by atoms with Crippen LogP contribution in [0.5, 0.6) is 0 Å². The normalized spacial score (nSPS) is 15.0. The number of allylic oxidation sites excluding steroid dienone is 2. The summed E-state index contributed by atoms with van der Waals surface area (Å²) >= 11 is 0. The Labute approximate surface area is 141 Å². The lowest BCUT2D eigenvalue weighted by Crippen LogP contribution is -2.04. The lowest BCUT2D eigenvalue weighted by Gasteiger charge is -2.09. The summed E-state index contributed by atoms with van der Waals surface area (Å²) in [4.78, 5) is 9.17. The SMILES string of the molecule is CC=C(C)c1c(-c2ccccc2)ncn1Cc1noc(C2CC2)n1. The molecule has 0 radical (unpaired) electrons. The van der Waals surface area contributed by atoms with Crippen molar-refractivity contribution in [3.63, 3.8) is 0 Å². The molecule has 5 nitrogen and oxygen atoms in total. The summed E-state index contributed by atoms with van der Waals surface area (Å²) in [6.45, 7) is 4.71. The van der Waals surface area contributed by atoms with E-state index in [-0.39, 0.29) is 0 Å². The highest BCUT2D eigenvalue weighted by Crippen LogP contribution is 2.39. The second-order valence-electron chi connectivity index (χ2n) is 6.23. The summed E-state index contributed by atoms with van der Waals surface area (Å²) in [6, 6.07) is 10.2. The number of hydrogen-bond acceptors (Lipinski definition) is 4. The Bertz CT molecular complexity index is 872. The Morgan fingerprint density at radius 3 is 2.79 bits per heavy atom. The fraction of sp³-hybridized carbons (Fsp3) is 0.316. The van der Waals surface area contributed by atoms with Crippen molar-refractivity contribution in [1.29, 1.82) is 0 Å². The molecule has 0 aliphatic heterocycles. The van der Waals surface area contributed by atoms with Crippen LogP contribution in [0.3, 0.4) is 0 Å². The number of nitrogens with zero attached hydrogens (tertiary/aromatic N) is 4. The van der Waals surface area contributed by atoms with Gasteiger partial charge in [0.25, 0.3) is 0 Å². The van der Waals surface area contributed by atoms with Crippen LogP contribution in [-0.4, -0.2) is 19.7 Å². The highest BCUT2D eigenvalue weighted by Gasteiger charge is 2.29. The van der Waals surface area contributed by atoms with Crippen LogP contribution in [0, 0.1) is 0 Å². The third-order valence-electron chi connectivity index (χ3n) is 4.41. The second-order valence-corrected chi connectivity index (χ2v) is 6.23. The summed E-state index contributed by atoms with van der Waals surface area (Å²) in [6.07, 6.45) is 6.28. The van der Waals surface area contributed by atoms with Gasteiger partial charge in [0.1, 0.15) is 0 Å². The first kappa shape index (κ1) is 14.9. The van der Waals surface area contributed by atoms with Gasteiger partial charge in [-0.15, -0.1) is 0 Å². The van der Waals surface area contributed by atoms with Crippen molar-refractivity contribution in [2.45, 2.75) is 39.2 Å². The molecule has 0 unspecified atom stereocenters. The Hall–Kier alpha value is -2.69. The molecule has 122 valence electrons. The summed E-state index contributed by atoms with van der Waals surface area (Å²) < 4.78 is 7.47. The number of benzene rings is 1. The lowest BCUT2D eigenvalue weighted by atomic mass is 10.1. The van der Waals surface area contributed by atoms with Crippen LogP contribution in [-0.2, 0) is 6.54 Å². The summed E-state index contributed by atoms with van der Waals surface area (Å²) in [5.41, 5.74) is 4.37. The van der Waals surface area contributed by atoms with Gasteiger partial charge < -0.3 is 9.09 Å². The fourth-order valence-electron chi connectivity index (χ4n) is 2.84. The minimum absolute atomic E-state index is 0.477. The van der Waals surface area contributed by atoms with Gasteiger partial charge in [0, 0.05) is 11.5 Å². The molecule has 3 aromatic rings. The van der Waals surface area contributed by atoms with Gasteiger partial charge in [-0.3, -0.25) is 0 Å². The van der Waals surface area contributed by atoms with Gasteiger partial charge in [0.15, 0.2) is 5.82 Å². The predicted octanol–water partition coefficient (Wildman–Crippen LogP) is 4.28. The number of rotatable bonds is 5. The zero-order chi connectivity index (χ0) is 16.5. The van der Waals surface area contributed by atoms with Gasteiger partial charge in [-0.05, 0) is 32.3 Å². The molecule has 0 saturated heterocycles. The Morgan fingerprint density at radius 1 is 1.29 bits per heavy atom. The fourth-order valence-corrected chi connectivity index (χ4v) is 2.84. The number of aromatic nitrogens is 4. The molecule has 0 spiro atoms. The lowest BCUT2D eigenvalue weighted by molar-refractivity contribution is 0.373. The first-order valence-corrected chi connectivity index (χ1v) is 8.32. The summed E-state index contributed by atoms with van der Waals surface area (Å²) in [5.74, 6) is 1.96. The van der Waals surface area contributed by atoms with E-state index >= 15 is 0 Å². The van der Waals surface area contributed by atoms with Gasteiger partial charge in [0.05, 0.1) is 24.3 Å². The minimum atomic E-state index is 0.477. The monoisotopic (exact) mass is 320 g/mol. The quantitative estimate of drug-likeness (QED) is 0.704. The molecule has 0 bridgehead atoms. The molecule has 0 amide bonds. The second kappa shape index (κ2) is 6.07. The largest absolute Gasteiger partial charge is 0.339 e. The number of hydrogen-bond donors (Lipinski definition) is 0. The van der Waals surface area contributed by atoms with E-state index in [1.807, 2.05) is 31.5 Å². The Balaban J connectivity index is 1.70. The average molecular weight is 320 g/mol. The zero-order valence-corrected chi connectivity index (χ0v) is 13.9. The zero-order valence-electron chi connectivity index (χ0n) is 13.9. The third kappa shape index (κ3) is 2.77. The maximum absolute atomic E-state index is 5.37. The van der Waals surface area contributed by atoms with E-state index in [9.17, 15) is 0 Å². The molecular weight excluding hydrogens is 300 g/mol. The van der Waals surface area contributed by atoms with Crippen LogP contribution in [0.4, 0.5) is 0 Å². The topological polar surface area (TPSA) is 56.7 Å². The van der Waals surface area contributed by atoms with Crippen LogP contribution in [0.2, 0.25) is 0 Å². The predicted molar refractivity (Wildman–Crippen MR) is 92.4 cm³/mol. The molecule has 2 aromatic heterocycles.